The lowest BCUT2D eigenvalue weighted by molar-refractivity contribution is 0.664. The van der Waals surface area contributed by atoms with Gasteiger partial charge in [0.15, 0.2) is 0 Å². The van der Waals surface area contributed by atoms with Crippen LogP contribution in [0.1, 0.15) is 39.5 Å². The van der Waals surface area contributed by atoms with Crippen molar-refractivity contribution in [3.05, 3.63) is 0 Å². The van der Waals surface area contributed by atoms with Gasteiger partial charge in [-0.25, -0.2) is 0 Å². The molecule has 0 aromatic carbocycles. The molecule has 2 aliphatic rings. The average molecular weight is 251 g/mol. The standard InChI is InChI=1S/2C5H11N.BrH/c2*1-5-3-2-4-6-5;/h2*5-6H,2-4H2,1H3;1H/t2*5-;/m00./s1. The summed E-state index contributed by atoms with van der Waals surface area (Å²) in [6, 6.07) is 1.59. The molecule has 0 saturated carbocycles. The largest absolute Gasteiger partial charge is 0.314 e. The fourth-order valence-electron chi connectivity index (χ4n) is 1.72. The molecule has 80 valence electrons. The summed E-state index contributed by atoms with van der Waals surface area (Å²) in [6.07, 6.45) is 5.50. The second kappa shape index (κ2) is 7.77. The SMILES string of the molecule is Br.C[C@H]1CCCN1.C[C@H]1CCCN1. The van der Waals surface area contributed by atoms with Gasteiger partial charge >= 0.3 is 0 Å². The summed E-state index contributed by atoms with van der Waals surface area (Å²) in [7, 11) is 0. The first kappa shape index (κ1) is 13.4. The van der Waals surface area contributed by atoms with Gasteiger partial charge in [-0.05, 0) is 52.6 Å². The van der Waals surface area contributed by atoms with Gasteiger partial charge in [0.1, 0.15) is 0 Å². The molecule has 0 aromatic heterocycles. The van der Waals surface area contributed by atoms with Gasteiger partial charge in [0, 0.05) is 12.1 Å². The number of halogens is 1. The van der Waals surface area contributed by atoms with Crippen molar-refractivity contribution in [2.45, 2.75) is 51.6 Å². The maximum Gasteiger partial charge on any atom is 0.00391 e. The maximum absolute atomic E-state index is 3.32. The molecule has 2 fully saturated rings. The number of hydrogen-bond acceptors (Lipinski definition) is 2. The second-order valence-corrected chi connectivity index (χ2v) is 3.99. The van der Waals surface area contributed by atoms with Gasteiger partial charge < -0.3 is 10.6 Å². The lowest BCUT2D eigenvalue weighted by Crippen LogP contribution is -2.16. The van der Waals surface area contributed by atoms with E-state index in [0.717, 1.165) is 12.1 Å². The number of hydrogen-bond donors (Lipinski definition) is 2. The van der Waals surface area contributed by atoms with Crippen molar-refractivity contribution in [1.29, 1.82) is 0 Å². The molecule has 2 atom stereocenters. The zero-order chi connectivity index (χ0) is 8.81. The van der Waals surface area contributed by atoms with Crippen LogP contribution in [0, 0.1) is 0 Å². The Balaban J connectivity index is 0.000000206. The minimum absolute atomic E-state index is 0. The maximum atomic E-state index is 3.32. The van der Waals surface area contributed by atoms with E-state index in [1.165, 1.54) is 38.8 Å². The van der Waals surface area contributed by atoms with Gasteiger partial charge in [-0.1, -0.05) is 0 Å². The first-order chi connectivity index (χ1) is 5.79. The molecule has 13 heavy (non-hydrogen) atoms. The van der Waals surface area contributed by atoms with Crippen LogP contribution < -0.4 is 10.6 Å². The summed E-state index contributed by atoms with van der Waals surface area (Å²) >= 11 is 0. The first-order valence-electron chi connectivity index (χ1n) is 5.26. The monoisotopic (exact) mass is 250 g/mol. The molecule has 0 aliphatic carbocycles. The Kier molecular flexibility index (Phi) is 8.01. The molecule has 2 nitrogen and oxygen atoms in total. The number of rotatable bonds is 0. The van der Waals surface area contributed by atoms with E-state index in [1.54, 1.807) is 0 Å². The zero-order valence-corrected chi connectivity index (χ0v) is 10.5. The highest BCUT2D eigenvalue weighted by Crippen LogP contribution is 2.01. The molecule has 2 rings (SSSR count). The highest BCUT2D eigenvalue weighted by Gasteiger charge is 2.06. The van der Waals surface area contributed by atoms with Crippen LogP contribution in [-0.4, -0.2) is 25.2 Å². The summed E-state index contributed by atoms with van der Waals surface area (Å²) in [5.74, 6) is 0. The van der Waals surface area contributed by atoms with E-state index in [0.29, 0.717) is 0 Å². The first-order valence-corrected chi connectivity index (χ1v) is 5.26. The van der Waals surface area contributed by atoms with Gasteiger partial charge in [0.05, 0.1) is 0 Å². The lowest BCUT2D eigenvalue weighted by atomic mass is 10.3. The van der Waals surface area contributed by atoms with Gasteiger partial charge in [0.2, 0.25) is 0 Å². The van der Waals surface area contributed by atoms with Crippen molar-refractivity contribution in [2.24, 2.45) is 0 Å². The van der Waals surface area contributed by atoms with Crippen LogP contribution in [0.4, 0.5) is 0 Å². The van der Waals surface area contributed by atoms with Crippen molar-refractivity contribution >= 4 is 17.0 Å². The molecule has 2 aliphatic heterocycles. The van der Waals surface area contributed by atoms with E-state index in [1.807, 2.05) is 0 Å². The van der Waals surface area contributed by atoms with E-state index in [2.05, 4.69) is 24.5 Å². The Morgan fingerprint density at radius 1 is 0.846 bits per heavy atom. The average Bonchev–Trinajstić information content (AvgIpc) is 2.63. The van der Waals surface area contributed by atoms with Crippen LogP contribution in [0.3, 0.4) is 0 Å². The van der Waals surface area contributed by atoms with E-state index < -0.39 is 0 Å². The Morgan fingerprint density at radius 2 is 1.23 bits per heavy atom. The topological polar surface area (TPSA) is 24.1 Å². The molecule has 2 N–H and O–H groups in total. The van der Waals surface area contributed by atoms with Crippen LogP contribution in [0.15, 0.2) is 0 Å². The summed E-state index contributed by atoms with van der Waals surface area (Å²) in [6.45, 7) is 6.93. The summed E-state index contributed by atoms with van der Waals surface area (Å²) < 4.78 is 0. The Hall–Kier alpha value is 0.400. The lowest BCUT2D eigenvalue weighted by Gasteiger charge is -1.95. The molecule has 0 radical (unpaired) electrons. The molecular formula is C10H23BrN2. The van der Waals surface area contributed by atoms with Crippen LogP contribution >= 0.6 is 17.0 Å². The van der Waals surface area contributed by atoms with Crippen molar-refractivity contribution in [1.82, 2.24) is 10.6 Å². The minimum Gasteiger partial charge on any atom is -0.314 e. The smallest absolute Gasteiger partial charge is 0.00391 e. The Bertz CT molecular complexity index is 93.5. The van der Waals surface area contributed by atoms with Crippen LogP contribution in [0.5, 0.6) is 0 Å². The zero-order valence-electron chi connectivity index (χ0n) is 8.81. The summed E-state index contributed by atoms with van der Waals surface area (Å²) in [5, 5.41) is 6.64. The van der Waals surface area contributed by atoms with Crippen LogP contribution in [0.2, 0.25) is 0 Å². The molecule has 0 amide bonds. The molecule has 3 heteroatoms. The molecule has 0 aromatic rings. The second-order valence-electron chi connectivity index (χ2n) is 3.99. The summed E-state index contributed by atoms with van der Waals surface area (Å²) in [4.78, 5) is 0. The van der Waals surface area contributed by atoms with E-state index in [-0.39, 0.29) is 17.0 Å². The molecule has 2 heterocycles. The Labute approximate surface area is 92.6 Å². The van der Waals surface area contributed by atoms with Crippen molar-refractivity contribution < 1.29 is 0 Å². The third kappa shape index (κ3) is 6.47. The Morgan fingerprint density at radius 3 is 1.31 bits per heavy atom. The van der Waals surface area contributed by atoms with Gasteiger partial charge in [0.25, 0.3) is 0 Å². The van der Waals surface area contributed by atoms with Crippen molar-refractivity contribution in [2.75, 3.05) is 13.1 Å². The quantitative estimate of drug-likeness (QED) is 0.689. The molecule has 0 bridgehead atoms. The predicted octanol–water partition coefficient (Wildman–Crippen LogP) is 2.09. The van der Waals surface area contributed by atoms with E-state index in [9.17, 15) is 0 Å². The normalized spacial score (nSPS) is 31.8. The number of nitrogens with one attached hydrogen (secondary N) is 2. The molecule has 2 saturated heterocycles. The highest BCUT2D eigenvalue weighted by molar-refractivity contribution is 8.93. The van der Waals surface area contributed by atoms with E-state index in [4.69, 9.17) is 0 Å². The molecular weight excluding hydrogens is 228 g/mol. The van der Waals surface area contributed by atoms with Gasteiger partial charge in [-0.3, -0.25) is 0 Å². The van der Waals surface area contributed by atoms with Crippen LogP contribution in [-0.2, 0) is 0 Å². The summed E-state index contributed by atoms with van der Waals surface area (Å²) in [5.41, 5.74) is 0. The van der Waals surface area contributed by atoms with Gasteiger partial charge in [-0.2, -0.15) is 0 Å². The van der Waals surface area contributed by atoms with Crippen molar-refractivity contribution in [3.8, 4) is 0 Å². The minimum atomic E-state index is 0. The molecule has 0 spiro atoms. The van der Waals surface area contributed by atoms with Crippen LogP contribution in [0.25, 0.3) is 0 Å². The van der Waals surface area contributed by atoms with Gasteiger partial charge in [-0.15, -0.1) is 17.0 Å². The van der Waals surface area contributed by atoms with Crippen molar-refractivity contribution in [3.63, 3.8) is 0 Å². The predicted molar refractivity (Wildman–Crippen MR) is 63.7 cm³/mol. The molecule has 0 unspecified atom stereocenters. The fraction of sp³-hybridized carbons (Fsp3) is 1.00. The third-order valence-electron chi connectivity index (χ3n) is 2.61. The fourth-order valence-corrected chi connectivity index (χ4v) is 1.72. The third-order valence-corrected chi connectivity index (χ3v) is 2.61. The van der Waals surface area contributed by atoms with E-state index >= 15 is 0 Å². The highest BCUT2D eigenvalue weighted by atomic mass is 79.9.